The number of benzene rings is 2. The number of rotatable bonds is 4. The van der Waals surface area contributed by atoms with Gasteiger partial charge in [-0.25, -0.2) is 8.42 Å². The third-order valence-corrected chi connectivity index (χ3v) is 4.93. The van der Waals surface area contributed by atoms with E-state index >= 15 is 0 Å². The Morgan fingerprint density at radius 3 is 2.44 bits per heavy atom. The molecule has 1 heterocycles. The summed E-state index contributed by atoms with van der Waals surface area (Å²) < 4.78 is 72.6. The van der Waals surface area contributed by atoms with Crippen molar-refractivity contribution in [1.29, 1.82) is 0 Å². The number of halogens is 3. The van der Waals surface area contributed by atoms with Gasteiger partial charge in [0.25, 0.3) is 15.9 Å². The van der Waals surface area contributed by atoms with Gasteiger partial charge in [-0.1, -0.05) is 0 Å². The highest BCUT2D eigenvalue weighted by Gasteiger charge is 2.31. The molecule has 2 aromatic rings. The van der Waals surface area contributed by atoms with Crippen LogP contribution in [0.5, 0.6) is 11.5 Å². The second-order valence-corrected chi connectivity index (χ2v) is 7.27. The van der Waals surface area contributed by atoms with Gasteiger partial charge in [-0.3, -0.25) is 9.52 Å². The molecular weight excluding hydrogens is 389 g/mol. The topological polar surface area (TPSA) is 93.7 Å². The van der Waals surface area contributed by atoms with E-state index in [9.17, 15) is 26.4 Å². The van der Waals surface area contributed by atoms with Crippen molar-refractivity contribution in [1.82, 2.24) is 0 Å². The van der Waals surface area contributed by atoms with Crippen molar-refractivity contribution in [2.75, 3.05) is 10.0 Å². The number of carbonyl (C=O) groups excluding carboxylic acids is 1. The average Bonchev–Trinajstić information content (AvgIpc) is 2.55. The molecule has 11 heteroatoms. The molecule has 0 bridgehead atoms. The van der Waals surface area contributed by atoms with Gasteiger partial charge >= 0.3 is 6.36 Å². The summed E-state index contributed by atoms with van der Waals surface area (Å²) in [6, 6.07) is 8.04. The normalized spacial score (nSPS) is 16.7. The lowest BCUT2D eigenvalue weighted by Gasteiger charge is -2.23. The summed E-state index contributed by atoms with van der Waals surface area (Å²) in [7, 11) is -4.06. The molecular formula is C16H13F3N2O5S. The van der Waals surface area contributed by atoms with Crippen LogP contribution in [0.4, 0.5) is 24.5 Å². The van der Waals surface area contributed by atoms with E-state index in [2.05, 4.69) is 14.8 Å². The first-order valence-electron chi connectivity index (χ1n) is 7.54. The van der Waals surface area contributed by atoms with Crippen LogP contribution in [0.15, 0.2) is 47.4 Å². The fourth-order valence-corrected chi connectivity index (χ4v) is 3.36. The van der Waals surface area contributed by atoms with Crippen molar-refractivity contribution < 1.29 is 35.9 Å². The fraction of sp³-hybridized carbons (Fsp3) is 0.188. The van der Waals surface area contributed by atoms with E-state index in [1.54, 1.807) is 6.92 Å². The minimum absolute atomic E-state index is 0.142. The number of amides is 1. The van der Waals surface area contributed by atoms with Crippen molar-refractivity contribution in [3.8, 4) is 11.5 Å². The smallest absolute Gasteiger partial charge is 0.479 e. The first-order valence-corrected chi connectivity index (χ1v) is 9.02. The summed E-state index contributed by atoms with van der Waals surface area (Å²) in [5.74, 6) is -0.523. The SMILES string of the molecule is C[C@H]1Oc2ccc(NS(=O)(=O)c3ccc(OC(F)(F)F)cc3)cc2NC1=O. The predicted molar refractivity (Wildman–Crippen MR) is 89.1 cm³/mol. The molecule has 0 aromatic heterocycles. The first-order chi connectivity index (χ1) is 12.5. The lowest BCUT2D eigenvalue weighted by atomic mass is 10.2. The second-order valence-electron chi connectivity index (χ2n) is 5.58. The van der Waals surface area contributed by atoms with Crippen LogP contribution in [0.1, 0.15) is 6.92 Å². The van der Waals surface area contributed by atoms with E-state index in [4.69, 9.17) is 4.74 Å². The fourth-order valence-electron chi connectivity index (χ4n) is 2.31. The van der Waals surface area contributed by atoms with Crippen molar-refractivity contribution in [2.24, 2.45) is 0 Å². The molecule has 1 aliphatic heterocycles. The highest BCUT2D eigenvalue weighted by atomic mass is 32.2. The number of carbonyl (C=O) groups is 1. The Labute approximate surface area is 152 Å². The molecule has 0 radical (unpaired) electrons. The number of nitrogens with one attached hydrogen (secondary N) is 2. The van der Waals surface area contributed by atoms with Gasteiger partial charge in [0.15, 0.2) is 6.10 Å². The molecule has 1 atom stereocenters. The average molecular weight is 402 g/mol. The third kappa shape index (κ3) is 4.42. The molecule has 1 aliphatic rings. The van der Waals surface area contributed by atoms with Gasteiger partial charge in [0.2, 0.25) is 0 Å². The molecule has 0 spiro atoms. The van der Waals surface area contributed by atoms with Gasteiger partial charge in [-0.05, 0) is 49.4 Å². The van der Waals surface area contributed by atoms with Crippen LogP contribution in [-0.2, 0) is 14.8 Å². The number of fused-ring (bicyclic) bond motifs is 1. The number of alkyl halides is 3. The van der Waals surface area contributed by atoms with Gasteiger partial charge < -0.3 is 14.8 Å². The Bertz CT molecular complexity index is 975. The van der Waals surface area contributed by atoms with Gasteiger partial charge in [0.05, 0.1) is 16.3 Å². The Morgan fingerprint density at radius 1 is 1.15 bits per heavy atom. The van der Waals surface area contributed by atoms with E-state index in [0.717, 1.165) is 24.3 Å². The third-order valence-electron chi connectivity index (χ3n) is 3.53. The van der Waals surface area contributed by atoms with Crippen LogP contribution in [0.2, 0.25) is 0 Å². The molecule has 27 heavy (non-hydrogen) atoms. The maximum atomic E-state index is 12.4. The molecule has 0 unspecified atom stereocenters. The summed E-state index contributed by atoms with van der Waals surface area (Å²) in [6.45, 7) is 1.57. The summed E-state index contributed by atoms with van der Waals surface area (Å²) >= 11 is 0. The molecule has 3 rings (SSSR count). The van der Waals surface area contributed by atoms with E-state index in [1.165, 1.54) is 18.2 Å². The molecule has 0 aliphatic carbocycles. The maximum Gasteiger partial charge on any atom is 0.573 e. The molecule has 2 aromatic carbocycles. The van der Waals surface area contributed by atoms with Crippen LogP contribution in [0.3, 0.4) is 0 Å². The zero-order valence-corrected chi connectivity index (χ0v) is 14.5. The molecule has 2 N–H and O–H groups in total. The van der Waals surface area contributed by atoms with E-state index in [-0.39, 0.29) is 16.5 Å². The summed E-state index contributed by atoms with van der Waals surface area (Å²) in [4.78, 5) is 11.4. The lowest BCUT2D eigenvalue weighted by Crippen LogP contribution is -2.34. The monoisotopic (exact) mass is 402 g/mol. The first kappa shape index (κ1) is 18.8. The zero-order valence-electron chi connectivity index (χ0n) is 13.7. The van der Waals surface area contributed by atoms with E-state index < -0.39 is 28.2 Å². The van der Waals surface area contributed by atoms with Crippen LogP contribution in [0, 0.1) is 0 Å². The Morgan fingerprint density at radius 2 is 1.81 bits per heavy atom. The summed E-state index contributed by atoms with van der Waals surface area (Å²) in [5.41, 5.74) is 0.440. The molecule has 0 fully saturated rings. The number of hydrogen-bond acceptors (Lipinski definition) is 5. The van der Waals surface area contributed by atoms with Crippen molar-refractivity contribution in [2.45, 2.75) is 24.3 Å². The van der Waals surface area contributed by atoms with E-state index in [0.29, 0.717) is 11.4 Å². The number of anilines is 2. The van der Waals surface area contributed by atoms with Gasteiger partial charge in [0, 0.05) is 0 Å². The van der Waals surface area contributed by atoms with Crippen LogP contribution in [0.25, 0.3) is 0 Å². The van der Waals surface area contributed by atoms with Gasteiger partial charge in [0.1, 0.15) is 11.5 Å². The zero-order chi connectivity index (χ0) is 19.8. The van der Waals surface area contributed by atoms with Crippen molar-refractivity contribution in [3.05, 3.63) is 42.5 Å². The minimum atomic E-state index is -4.87. The van der Waals surface area contributed by atoms with Crippen molar-refractivity contribution in [3.63, 3.8) is 0 Å². The van der Waals surface area contributed by atoms with Crippen molar-refractivity contribution >= 4 is 27.3 Å². The predicted octanol–water partition coefficient (Wildman–Crippen LogP) is 3.11. The highest BCUT2D eigenvalue weighted by molar-refractivity contribution is 7.92. The maximum absolute atomic E-state index is 12.4. The molecule has 144 valence electrons. The largest absolute Gasteiger partial charge is 0.573 e. The Balaban J connectivity index is 1.79. The van der Waals surface area contributed by atoms with Crippen LogP contribution >= 0.6 is 0 Å². The minimum Gasteiger partial charge on any atom is -0.479 e. The Kier molecular flexibility index (Phi) is 4.64. The van der Waals surface area contributed by atoms with Gasteiger partial charge in [-0.15, -0.1) is 13.2 Å². The summed E-state index contributed by atoms with van der Waals surface area (Å²) in [6.07, 6.45) is -5.54. The second kappa shape index (κ2) is 6.65. The Hall–Kier alpha value is -2.95. The van der Waals surface area contributed by atoms with Crippen LogP contribution in [-0.4, -0.2) is 26.8 Å². The van der Waals surface area contributed by atoms with Crippen LogP contribution < -0.4 is 19.5 Å². The molecule has 7 nitrogen and oxygen atoms in total. The summed E-state index contributed by atoms with van der Waals surface area (Å²) in [5, 5.41) is 2.58. The standard InChI is InChI=1S/C16H13F3N2O5S/c1-9-15(22)20-13-8-10(2-7-14(13)25-9)21-27(23,24)12-5-3-11(4-6-12)26-16(17,18)19/h2-9,21H,1H3,(H,20,22)/t9-/m1/s1. The molecule has 0 saturated carbocycles. The highest BCUT2D eigenvalue weighted by Crippen LogP contribution is 2.33. The van der Waals surface area contributed by atoms with E-state index in [1.807, 2.05) is 0 Å². The quantitative estimate of drug-likeness (QED) is 0.820. The van der Waals surface area contributed by atoms with Gasteiger partial charge in [-0.2, -0.15) is 0 Å². The molecule has 0 saturated heterocycles. The molecule has 1 amide bonds. The number of sulfonamides is 1. The number of hydrogen-bond donors (Lipinski definition) is 2. The lowest BCUT2D eigenvalue weighted by molar-refractivity contribution is -0.274. The number of ether oxygens (including phenoxy) is 2.